The lowest BCUT2D eigenvalue weighted by Crippen LogP contribution is -2.53. The maximum atomic E-state index is 12.2. The number of carbonyl (C=O) groups is 1. The van der Waals surface area contributed by atoms with Crippen molar-refractivity contribution < 1.29 is 9.28 Å². The smallest absolute Gasteiger partial charge is 0.289 e. The molecule has 1 amide bonds. The summed E-state index contributed by atoms with van der Waals surface area (Å²) < 4.78 is 0.890. The Bertz CT molecular complexity index is 376. The molecule has 0 fully saturated rings. The Morgan fingerprint density at radius 1 is 0.562 bits per heavy atom. The van der Waals surface area contributed by atoms with Crippen LogP contribution in [0.3, 0.4) is 0 Å². The first-order valence-corrected chi connectivity index (χ1v) is 14.4. The van der Waals surface area contributed by atoms with Crippen LogP contribution in [0.5, 0.6) is 0 Å². The second-order valence-corrected chi connectivity index (χ2v) is 10.4. The zero-order valence-electron chi connectivity index (χ0n) is 22.6. The van der Waals surface area contributed by atoms with E-state index in [1.165, 1.54) is 128 Å². The third-order valence-corrected chi connectivity index (χ3v) is 6.89. The Labute approximate surface area is 202 Å². The number of rotatable bonds is 25. The highest BCUT2D eigenvalue weighted by Gasteiger charge is 2.24. The van der Waals surface area contributed by atoms with E-state index in [-0.39, 0.29) is 5.91 Å². The van der Waals surface area contributed by atoms with Crippen LogP contribution in [0.4, 0.5) is 0 Å². The minimum atomic E-state index is 0.120. The fourth-order valence-electron chi connectivity index (χ4n) is 4.76. The van der Waals surface area contributed by atoms with Gasteiger partial charge in [0.2, 0.25) is 0 Å². The Hall–Kier alpha value is -0.610. The van der Waals surface area contributed by atoms with Crippen molar-refractivity contribution in [1.82, 2.24) is 10.9 Å². The molecule has 0 rings (SSSR count). The number of hydrogen-bond donors (Lipinski definition) is 2. The van der Waals surface area contributed by atoms with E-state index in [1.807, 2.05) is 0 Å². The van der Waals surface area contributed by atoms with Crippen molar-refractivity contribution in [3.05, 3.63) is 0 Å². The Balaban J connectivity index is 3.98. The molecule has 0 saturated carbocycles. The molecule has 0 aromatic rings. The molecule has 0 aliphatic heterocycles. The van der Waals surface area contributed by atoms with E-state index in [4.69, 9.17) is 0 Å². The molecule has 32 heavy (non-hydrogen) atoms. The zero-order valence-corrected chi connectivity index (χ0v) is 22.6. The molecule has 0 spiro atoms. The van der Waals surface area contributed by atoms with Gasteiger partial charge in [0, 0.05) is 7.05 Å². The summed E-state index contributed by atoms with van der Waals surface area (Å²) in [6.07, 6.45) is 27.4. The van der Waals surface area contributed by atoms with Gasteiger partial charge in [-0.3, -0.25) is 10.2 Å². The van der Waals surface area contributed by atoms with Crippen LogP contribution in [0.2, 0.25) is 0 Å². The maximum Gasteiger partial charge on any atom is 0.289 e. The molecule has 0 aliphatic rings. The van der Waals surface area contributed by atoms with E-state index in [0.717, 1.165) is 17.6 Å². The first-order chi connectivity index (χ1) is 15.6. The quantitative estimate of drug-likeness (QED) is 0.0850. The first kappa shape index (κ1) is 31.4. The Morgan fingerprint density at radius 2 is 0.875 bits per heavy atom. The van der Waals surface area contributed by atoms with Crippen molar-refractivity contribution >= 4 is 5.91 Å². The molecular weight excluding hydrogens is 394 g/mol. The monoisotopic (exact) mass is 454 g/mol. The number of nitrogens with one attached hydrogen (secondary N) is 2. The topological polar surface area (TPSA) is 41.1 Å². The zero-order chi connectivity index (χ0) is 23.8. The molecule has 192 valence electrons. The standard InChI is InChI=1S/C28H59N3O/c1-5-7-9-11-13-15-17-19-21-23-25-31(4,27-28(32)30-29-3)26-24-22-20-18-16-14-12-10-8-6-2/h29H,5-27H2,1-4H3/p+1. The van der Waals surface area contributed by atoms with Gasteiger partial charge in [0.25, 0.3) is 5.91 Å². The van der Waals surface area contributed by atoms with E-state index in [2.05, 4.69) is 31.7 Å². The predicted molar refractivity (Wildman–Crippen MR) is 142 cm³/mol. The summed E-state index contributed by atoms with van der Waals surface area (Å²) in [6, 6.07) is 0. The number of hydrazine groups is 1. The molecule has 0 unspecified atom stereocenters. The lowest BCUT2D eigenvalue weighted by atomic mass is 10.1. The lowest BCUT2D eigenvalue weighted by molar-refractivity contribution is -0.902. The third kappa shape index (κ3) is 21.2. The molecule has 0 radical (unpaired) electrons. The van der Waals surface area contributed by atoms with Gasteiger partial charge in [-0.15, -0.1) is 0 Å². The molecule has 4 nitrogen and oxygen atoms in total. The van der Waals surface area contributed by atoms with Gasteiger partial charge in [0.05, 0.1) is 20.1 Å². The highest BCUT2D eigenvalue weighted by Crippen LogP contribution is 2.15. The van der Waals surface area contributed by atoms with Gasteiger partial charge in [-0.05, 0) is 25.7 Å². The number of nitrogens with zero attached hydrogens (tertiary/aromatic N) is 1. The SMILES string of the molecule is CCCCCCCCCCCC[N+](C)(CCCCCCCCCCCC)CC(=O)NNC. The van der Waals surface area contributed by atoms with Crippen molar-refractivity contribution in [1.29, 1.82) is 0 Å². The highest BCUT2D eigenvalue weighted by atomic mass is 16.2. The van der Waals surface area contributed by atoms with Gasteiger partial charge in [0.1, 0.15) is 0 Å². The Kier molecular flexibility index (Phi) is 23.1. The molecule has 0 aromatic carbocycles. The molecular formula is C28H60N3O+. The summed E-state index contributed by atoms with van der Waals surface area (Å²) in [5.41, 5.74) is 5.57. The van der Waals surface area contributed by atoms with Crippen LogP contribution in [-0.4, -0.2) is 44.1 Å². The van der Waals surface area contributed by atoms with Crippen LogP contribution in [0.15, 0.2) is 0 Å². The van der Waals surface area contributed by atoms with E-state index in [0.29, 0.717) is 6.54 Å². The molecule has 2 N–H and O–H groups in total. The molecule has 0 bridgehead atoms. The predicted octanol–water partition coefficient (Wildman–Crippen LogP) is 7.53. The number of quaternary nitrogens is 1. The normalized spacial score (nSPS) is 11.8. The molecule has 0 atom stereocenters. The van der Waals surface area contributed by atoms with Gasteiger partial charge in [-0.1, -0.05) is 117 Å². The highest BCUT2D eigenvalue weighted by molar-refractivity contribution is 5.76. The molecule has 0 aliphatic carbocycles. The number of amides is 1. The van der Waals surface area contributed by atoms with Crippen LogP contribution in [-0.2, 0) is 4.79 Å². The van der Waals surface area contributed by atoms with Crippen molar-refractivity contribution in [3.63, 3.8) is 0 Å². The van der Waals surface area contributed by atoms with Gasteiger partial charge in [-0.2, -0.15) is 0 Å². The van der Waals surface area contributed by atoms with E-state index in [1.54, 1.807) is 7.05 Å². The first-order valence-electron chi connectivity index (χ1n) is 14.4. The minimum Gasteiger partial charge on any atom is -0.318 e. The molecule has 0 heterocycles. The van der Waals surface area contributed by atoms with Crippen LogP contribution < -0.4 is 10.9 Å². The van der Waals surface area contributed by atoms with Crippen LogP contribution in [0, 0.1) is 0 Å². The number of carbonyl (C=O) groups excluding carboxylic acids is 1. The number of likely N-dealkylation sites (N-methyl/N-ethyl adjacent to an activating group) is 1. The van der Waals surface area contributed by atoms with E-state index in [9.17, 15) is 4.79 Å². The summed E-state index contributed by atoms with van der Waals surface area (Å²) >= 11 is 0. The van der Waals surface area contributed by atoms with Crippen LogP contribution in [0.1, 0.15) is 142 Å². The van der Waals surface area contributed by atoms with E-state index >= 15 is 0 Å². The fourth-order valence-corrected chi connectivity index (χ4v) is 4.76. The van der Waals surface area contributed by atoms with Crippen LogP contribution in [0.25, 0.3) is 0 Å². The third-order valence-electron chi connectivity index (χ3n) is 6.89. The Morgan fingerprint density at radius 3 is 1.19 bits per heavy atom. The van der Waals surface area contributed by atoms with Gasteiger partial charge >= 0.3 is 0 Å². The second kappa shape index (κ2) is 23.5. The second-order valence-electron chi connectivity index (χ2n) is 10.4. The molecule has 0 saturated heterocycles. The average molecular weight is 455 g/mol. The fraction of sp³-hybridized carbons (Fsp3) is 0.964. The van der Waals surface area contributed by atoms with Crippen LogP contribution >= 0.6 is 0 Å². The van der Waals surface area contributed by atoms with Gasteiger partial charge in [-0.25, -0.2) is 5.43 Å². The summed E-state index contributed by atoms with van der Waals surface area (Å²) in [7, 11) is 4.06. The maximum absolute atomic E-state index is 12.2. The molecule has 0 aromatic heterocycles. The summed E-state index contributed by atoms with van der Waals surface area (Å²) in [5, 5.41) is 0. The van der Waals surface area contributed by atoms with Gasteiger partial charge in [0.15, 0.2) is 6.54 Å². The largest absolute Gasteiger partial charge is 0.318 e. The van der Waals surface area contributed by atoms with Crippen molar-refractivity contribution in [2.24, 2.45) is 0 Å². The van der Waals surface area contributed by atoms with Gasteiger partial charge < -0.3 is 4.48 Å². The minimum absolute atomic E-state index is 0.120. The average Bonchev–Trinajstić information content (AvgIpc) is 2.76. The molecule has 4 heteroatoms. The van der Waals surface area contributed by atoms with Crippen molar-refractivity contribution in [3.8, 4) is 0 Å². The van der Waals surface area contributed by atoms with Crippen molar-refractivity contribution in [2.75, 3.05) is 33.7 Å². The lowest BCUT2D eigenvalue weighted by Gasteiger charge is -2.34. The number of unbranched alkanes of at least 4 members (excludes halogenated alkanes) is 18. The van der Waals surface area contributed by atoms with E-state index < -0.39 is 0 Å². The summed E-state index contributed by atoms with van der Waals surface area (Å²) in [4.78, 5) is 12.2. The summed E-state index contributed by atoms with van der Waals surface area (Å²) in [5.74, 6) is 0.120. The number of hydrogen-bond acceptors (Lipinski definition) is 2. The van der Waals surface area contributed by atoms with Crippen molar-refractivity contribution in [2.45, 2.75) is 142 Å². The summed E-state index contributed by atoms with van der Waals surface area (Å²) in [6.45, 7) is 7.42.